The van der Waals surface area contributed by atoms with Crippen LogP contribution >= 0.6 is 0 Å². The Morgan fingerprint density at radius 2 is 1.63 bits per heavy atom. The first kappa shape index (κ1) is 23.7. The highest BCUT2D eigenvalue weighted by Gasteiger charge is 2.30. The van der Waals surface area contributed by atoms with Gasteiger partial charge in [0.05, 0.1) is 12.7 Å². The van der Waals surface area contributed by atoms with Gasteiger partial charge in [0, 0.05) is 6.04 Å². The molecule has 0 aliphatic heterocycles. The molecule has 0 spiro atoms. The van der Waals surface area contributed by atoms with Crippen molar-refractivity contribution < 1.29 is 23.9 Å². The zero-order valence-electron chi connectivity index (χ0n) is 18.4. The maximum atomic E-state index is 12.7. The molecule has 2 atom stereocenters. The molecule has 1 aromatic rings. The summed E-state index contributed by atoms with van der Waals surface area (Å²) in [5.74, 6) is -1.15. The van der Waals surface area contributed by atoms with E-state index < -0.39 is 24.0 Å². The molecule has 1 aliphatic rings. The van der Waals surface area contributed by atoms with Crippen molar-refractivity contribution in [3.05, 3.63) is 29.8 Å². The quantitative estimate of drug-likeness (QED) is 0.499. The third-order valence-corrected chi connectivity index (χ3v) is 5.42. The van der Waals surface area contributed by atoms with E-state index >= 15 is 0 Å². The summed E-state index contributed by atoms with van der Waals surface area (Å²) in [5, 5.41) is 5.71. The van der Waals surface area contributed by atoms with Crippen molar-refractivity contribution in [3.8, 4) is 5.75 Å². The SMILES string of the molecule is COc1ccccc1C(=O)N[C@H](C(=O)O[C@H](C)C(=O)NC1CCCCCC1)C(C)C. The molecule has 0 aromatic heterocycles. The third-order valence-electron chi connectivity index (χ3n) is 5.42. The number of rotatable bonds is 8. The van der Waals surface area contributed by atoms with E-state index in [-0.39, 0.29) is 17.9 Å². The Hall–Kier alpha value is -2.57. The zero-order chi connectivity index (χ0) is 22.1. The lowest BCUT2D eigenvalue weighted by Crippen LogP contribution is -2.48. The predicted molar refractivity (Wildman–Crippen MR) is 114 cm³/mol. The number of hydrogen-bond donors (Lipinski definition) is 2. The Bertz CT molecular complexity index is 726. The summed E-state index contributed by atoms with van der Waals surface area (Å²) in [6, 6.07) is 6.04. The number of methoxy groups -OCH3 is 1. The van der Waals surface area contributed by atoms with Crippen LogP contribution in [-0.4, -0.2) is 43.1 Å². The number of carbonyl (C=O) groups is 3. The van der Waals surface area contributed by atoms with E-state index in [1.54, 1.807) is 31.2 Å². The minimum absolute atomic E-state index is 0.132. The first-order valence-corrected chi connectivity index (χ1v) is 10.8. The average molecular weight is 419 g/mol. The van der Waals surface area contributed by atoms with Gasteiger partial charge in [-0.15, -0.1) is 0 Å². The van der Waals surface area contributed by atoms with Crippen LogP contribution in [0, 0.1) is 5.92 Å². The molecule has 0 heterocycles. The lowest BCUT2D eigenvalue weighted by atomic mass is 10.0. The van der Waals surface area contributed by atoms with E-state index in [1.807, 2.05) is 13.8 Å². The minimum Gasteiger partial charge on any atom is -0.496 e. The van der Waals surface area contributed by atoms with Gasteiger partial charge >= 0.3 is 5.97 Å². The summed E-state index contributed by atoms with van der Waals surface area (Å²) in [4.78, 5) is 37.9. The van der Waals surface area contributed by atoms with Gasteiger partial charge in [0.15, 0.2) is 6.10 Å². The van der Waals surface area contributed by atoms with Gasteiger partial charge in [-0.1, -0.05) is 51.7 Å². The molecule has 0 saturated heterocycles. The predicted octanol–water partition coefficient (Wildman–Crippen LogP) is 3.22. The van der Waals surface area contributed by atoms with E-state index in [0.29, 0.717) is 11.3 Å². The molecule has 166 valence electrons. The lowest BCUT2D eigenvalue weighted by Gasteiger charge is -2.24. The number of para-hydroxylation sites is 1. The van der Waals surface area contributed by atoms with Crippen LogP contribution < -0.4 is 15.4 Å². The number of esters is 1. The van der Waals surface area contributed by atoms with Gasteiger partial charge in [-0.25, -0.2) is 4.79 Å². The van der Waals surface area contributed by atoms with Crippen LogP contribution in [0.4, 0.5) is 0 Å². The Labute approximate surface area is 178 Å². The third kappa shape index (κ3) is 6.75. The fourth-order valence-corrected chi connectivity index (χ4v) is 3.59. The van der Waals surface area contributed by atoms with Gasteiger partial charge in [-0.2, -0.15) is 0 Å². The smallest absolute Gasteiger partial charge is 0.329 e. The molecule has 2 rings (SSSR count). The second-order valence-corrected chi connectivity index (χ2v) is 8.17. The topological polar surface area (TPSA) is 93.7 Å². The summed E-state index contributed by atoms with van der Waals surface area (Å²) in [6.07, 6.45) is 5.57. The van der Waals surface area contributed by atoms with Crippen molar-refractivity contribution in [2.75, 3.05) is 7.11 Å². The normalized spacial score (nSPS) is 16.8. The van der Waals surface area contributed by atoms with E-state index in [4.69, 9.17) is 9.47 Å². The number of carbonyl (C=O) groups excluding carboxylic acids is 3. The maximum absolute atomic E-state index is 12.7. The number of amides is 2. The Kier molecular flexibility index (Phi) is 9.15. The van der Waals surface area contributed by atoms with Crippen molar-refractivity contribution in [2.24, 2.45) is 5.92 Å². The average Bonchev–Trinajstić information content (AvgIpc) is 2.99. The highest BCUT2D eigenvalue weighted by Crippen LogP contribution is 2.19. The highest BCUT2D eigenvalue weighted by atomic mass is 16.5. The van der Waals surface area contributed by atoms with E-state index in [2.05, 4.69) is 10.6 Å². The van der Waals surface area contributed by atoms with Crippen LogP contribution in [0.3, 0.4) is 0 Å². The van der Waals surface area contributed by atoms with Gasteiger partial charge in [-0.05, 0) is 37.8 Å². The molecule has 1 aromatic carbocycles. The first-order chi connectivity index (χ1) is 14.3. The summed E-state index contributed by atoms with van der Waals surface area (Å²) in [6.45, 7) is 5.18. The molecule has 1 aliphatic carbocycles. The molecule has 0 radical (unpaired) electrons. The summed E-state index contributed by atoms with van der Waals surface area (Å²) < 4.78 is 10.6. The number of nitrogens with one attached hydrogen (secondary N) is 2. The number of benzene rings is 1. The van der Waals surface area contributed by atoms with E-state index in [1.165, 1.54) is 20.0 Å². The van der Waals surface area contributed by atoms with Crippen LogP contribution in [0.2, 0.25) is 0 Å². The molecule has 2 amide bonds. The van der Waals surface area contributed by atoms with Crippen molar-refractivity contribution in [2.45, 2.75) is 77.5 Å². The largest absolute Gasteiger partial charge is 0.496 e. The fourth-order valence-electron chi connectivity index (χ4n) is 3.59. The van der Waals surface area contributed by atoms with E-state index in [0.717, 1.165) is 25.7 Å². The Morgan fingerprint density at radius 3 is 2.23 bits per heavy atom. The standard InChI is InChI=1S/C23H34N2O5/c1-15(2)20(25-22(27)18-13-9-10-14-19(18)29-4)23(28)30-16(3)21(26)24-17-11-7-5-6-8-12-17/h9-10,13-17,20H,5-8,11-12H2,1-4H3,(H,24,26)(H,25,27)/t16-,20+/m1/s1. The van der Waals surface area contributed by atoms with Crippen molar-refractivity contribution in [3.63, 3.8) is 0 Å². The van der Waals surface area contributed by atoms with Crippen LogP contribution in [0.5, 0.6) is 5.75 Å². The van der Waals surface area contributed by atoms with Crippen molar-refractivity contribution in [1.29, 1.82) is 0 Å². The second kappa shape index (κ2) is 11.6. The molecular weight excluding hydrogens is 384 g/mol. The molecule has 1 fully saturated rings. The van der Waals surface area contributed by atoms with Gasteiger partial charge < -0.3 is 20.1 Å². The minimum atomic E-state index is -0.926. The monoisotopic (exact) mass is 418 g/mol. The van der Waals surface area contributed by atoms with Gasteiger partial charge in [-0.3, -0.25) is 9.59 Å². The number of ether oxygens (including phenoxy) is 2. The lowest BCUT2D eigenvalue weighted by molar-refractivity contribution is -0.157. The van der Waals surface area contributed by atoms with Crippen molar-refractivity contribution in [1.82, 2.24) is 10.6 Å². The van der Waals surface area contributed by atoms with Crippen LogP contribution in [0.25, 0.3) is 0 Å². The van der Waals surface area contributed by atoms with Gasteiger partial charge in [0.1, 0.15) is 11.8 Å². The van der Waals surface area contributed by atoms with Gasteiger partial charge in [0.25, 0.3) is 11.8 Å². The fraction of sp³-hybridized carbons (Fsp3) is 0.609. The Balaban J connectivity index is 1.97. The molecule has 30 heavy (non-hydrogen) atoms. The Morgan fingerprint density at radius 1 is 1.00 bits per heavy atom. The molecule has 0 unspecified atom stereocenters. The summed E-state index contributed by atoms with van der Waals surface area (Å²) in [7, 11) is 1.48. The zero-order valence-corrected chi connectivity index (χ0v) is 18.4. The maximum Gasteiger partial charge on any atom is 0.329 e. The summed E-state index contributed by atoms with van der Waals surface area (Å²) >= 11 is 0. The van der Waals surface area contributed by atoms with Gasteiger partial charge in [0.2, 0.25) is 0 Å². The first-order valence-electron chi connectivity index (χ1n) is 10.8. The van der Waals surface area contributed by atoms with E-state index in [9.17, 15) is 14.4 Å². The van der Waals surface area contributed by atoms with Crippen molar-refractivity contribution >= 4 is 17.8 Å². The molecule has 2 N–H and O–H groups in total. The molecular formula is C23H34N2O5. The number of hydrogen-bond acceptors (Lipinski definition) is 5. The second-order valence-electron chi connectivity index (χ2n) is 8.17. The molecule has 7 heteroatoms. The molecule has 0 bridgehead atoms. The molecule has 7 nitrogen and oxygen atoms in total. The summed E-state index contributed by atoms with van der Waals surface area (Å²) in [5.41, 5.74) is 0.331. The highest BCUT2D eigenvalue weighted by molar-refractivity contribution is 5.99. The van der Waals surface area contributed by atoms with Crippen LogP contribution in [-0.2, 0) is 14.3 Å². The van der Waals surface area contributed by atoms with Crippen LogP contribution in [0.15, 0.2) is 24.3 Å². The van der Waals surface area contributed by atoms with Crippen LogP contribution in [0.1, 0.15) is 69.7 Å². The molecule has 1 saturated carbocycles.